The number of hydrogen-bond donors (Lipinski definition) is 1. The van der Waals surface area contributed by atoms with E-state index in [1.165, 1.54) is 5.56 Å². The number of ether oxygens (including phenoxy) is 1. The van der Waals surface area contributed by atoms with E-state index in [1.807, 2.05) is 12.4 Å². The Hall–Kier alpha value is -0.930. The SMILES string of the molecule is CC1(C)CC(NCCc2ccncc2)CCO1. The van der Waals surface area contributed by atoms with Gasteiger partial charge in [-0.3, -0.25) is 4.98 Å². The molecular weight excluding hydrogens is 212 g/mol. The molecule has 0 amide bonds. The molecule has 0 radical (unpaired) electrons. The van der Waals surface area contributed by atoms with Crippen LogP contribution in [0.15, 0.2) is 24.5 Å². The Labute approximate surface area is 104 Å². The molecular formula is C14H22N2O. The van der Waals surface area contributed by atoms with Crippen LogP contribution >= 0.6 is 0 Å². The predicted octanol–water partition coefficient (Wildman–Crippen LogP) is 2.17. The Morgan fingerprint density at radius 2 is 2.18 bits per heavy atom. The lowest BCUT2D eigenvalue weighted by Gasteiger charge is -2.36. The second-order valence-electron chi connectivity index (χ2n) is 5.36. The maximum absolute atomic E-state index is 5.71. The normalized spacial score (nSPS) is 23.5. The van der Waals surface area contributed by atoms with Gasteiger partial charge in [0, 0.05) is 25.0 Å². The molecule has 0 aliphatic carbocycles. The second kappa shape index (κ2) is 5.61. The first-order valence-electron chi connectivity index (χ1n) is 6.42. The molecule has 1 N–H and O–H groups in total. The smallest absolute Gasteiger partial charge is 0.0641 e. The summed E-state index contributed by atoms with van der Waals surface area (Å²) < 4.78 is 5.71. The van der Waals surface area contributed by atoms with Gasteiger partial charge in [0.25, 0.3) is 0 Å². The van der Waals surface area contributed by atoms with Gasteiger partial charge in [-0.15, -0.1) is 0 Å². The van der Waals surface area contributed by atoms with E-state index in [9.17, 15) is 0 Å². The molecule has 17 heavy (non-hydrogen) atoms. The van der Waals surface area contributed by atoms with E-state index in [4.69, 9.17) is 4.74 Å². The summed E-state index contributed by atoms with van der Waals surface area (Å²) in [6, 6.07) is 4.76. The highest BCUT2D eigenvalue weighted by Crippen LogP contribution is 2.23. The minimum Gasteiger partial charge on any atom is -0.375 e. The number of nitrogens with zero attached hydrogens (tertiary/aromatic N) is 1. The van der Waals surface area contributed by atoms with Gasteiger partial charge < -0.3 is 10.1 Å². The van der Waals surface area contributed by atoms with Gasteiger partial charge in [-0.25, -0.2) is 0 Å². The third-order valence-corrected chi connectivity index (χ3v) is 3.29. The zero-order chi connectivity index (χ0) is 12.1. The van der Waals surface area contributed by atoms with Crippen molar-refractivity contribution in [2.24, 2.45) is 0 Å². The summed E-state index contributed by atoms with van der Waals surface area (Å²) in [6.45, 7) is 6.25. The number of pyridine rings is 1. The number of hydrogen-bond acceptors (Lipinski definition) is 3. The molecule has 1 aromatic rings. The van der Waals surface area contributed by atoms with Crippen molar-refractivity contribution in [1.29, 1.82) is 0 Å². The Morgan fingerprint density at radius 3 is 2.88 bits per heavy atom. The van der Waals surface area contributed by atoms with Crippen LogP contribution in [-0.2, 0) is 11.2 Å². The molecule has 0 aromatic carbocycles. The van der Waals surface area contributed by atoms with Gasteiger partial charge in [0.1, 0.15) is 0 Å². The topological polar surface area (TPSA) is 34.2 Å². The number of aromatic nitrogens is 1. The fraction of sp³-hybridized carbons (Fsp3) is 0.643. The number of nitrogens with one attached hydrogen (secondary N) is 1. The fourth-order valence-corrected chi connectivity index (χ4v) is 2.38. The van der Waals surface area contributed by atoms with Crippen LogP contribution in [0.5, 0.6) is 0 Å². The van der Waals surface area contributed by atoms with Gasteiger partial charge in [-0.1, -0.05) is 0 Å². The Morgan fingerprint density at radius 1 is 1.41 bits per heavy atom. The Bertz CT molecular complexity index is 337. The van der Waals surface area contributed by atoms with Crippen molar-refractivity contribution in [2.45, 2.75) is 44.8 Å². The number of rotatable bonds is 4. The third kappa shape index (κ3) is 4.10. The van der Waals surface area contributed by atoms with Crippen molar-refractivity contribution < 1.29 is 4.74 Å². The predicted molar refractivity (Wildman–Crippen MR) is 69.0 cm³/mol. The van der Waals surface area contributed by atoms with Gasteiger partial charge in [0.2, 0.25) is 0 Å². The van der Waals surface area contributed by atoms with Gasteiger partial charge in [0.15, 0.2) is 0 Å². The molecule has 0 saturated carbocycles. The fourth-order valence-electron chi connectivity index (χ4n) is 2.38. The van der Waals surface area contributed by atoms with Crippen molar-refractivity contribution in [1.82, 2.24) is 10.3 Å². The minimum absolute atomic E-state index is 0.0343. The van der Waals surface area contributed by atoms with Crippen LogP contribution in [0.1, 0.15) is 32.3 Å². The largest absolute Gasteiger partial charge is 0.375 e. The summed E-state index contributed by atoms with van der Waals surface area (Å²) in [6.07, 6.45) is 7.00. The molecule has 2 rings (SSSR count). The molecule has 3 nitrogen and oxygen atoms in total. The molecule has 1 atom stereocenters. The van der Waals surface area contributed by atoms with Crippen molar-refractivity contribution in [3.63, 3.8) is 0 Å². The lowest BCUT2D eigenvalue weighted by molar-refractivity contribution is -0.0627. The third-order valence-electron chi connectivity index (χ3n) is 3.29. The molecule has 94 valence electrons. The molecule has 2 heterocycles. The molecule has 0 bridgehead atoms. The Kier molecular flexibility index (Phi) is 4.13. The van der Waals surface area contributed by atoms with E-state index < -0.39 is 0 Å². The van der Waals surface area contributed by atoms with E-state index in [-0.39, 0.29) is 5.60 Å². The van der Waals surface area contributed by atoms with E-state index in [1.54, 1.807) is 0 Å². The lowest BCUT2D eigenvalue weighted by atomic mass is 9.94. The van der Waals surface area contributed by atoms with Crippen molar-refractivity contribution in [3.05, 3.63) is 30.1 Å². The zero-order valence-corrected chi connectivity index (χ0v) is 10.8. The van der Waals surface area contributed by atoms with E-state index in [2.05, 4.69) is 36.3 Å². The van der Waals surface area contributed by atoms with Gasteiger partial charge in [-0.2, -0.15) is 0 Å². The quantitative estimate of drug-likeness (QED) is 0.867. The first kappa shape index (κ1) is 12.5. The highest BCUT2D eigenvalue weighted by molar-refractivity contribution is 5.09. The van der Waals surface area contributed by atoms with Crippen LogP contribution < -0.4 is 5.32 Å². The maximum Gasteiger partial charge on any atom is 0.0641 e. The molecule has 1 aliphatic heterocycles. The van der Waals surface area contributed by atoms with E-state index >= 15 is 0 Å². The summed E-state index contributed by atoms with van der Waals surface area (Å²) in [5.74, 6) is 0. The van der Waals surface area contributed by atoms with Crippen LogP contribution in [0.3, 0.4) is 0 Å². The van der Waals surface area contributed by atoms with E-state index in [0.717, 1.165) is 32.4 Å². The summed E-state index contributed by atoms with van der Waals surface area (Å²) in [5, 5.41) is 3.63. The van der Waals surface area contributed by atoms with Crippen LogP contribution in [-0.4, -0.2) is 29.8 Å². The molecule has 1 aliphatic rings. The first-order valence-corrected chi connectivity index (χ1v) is 6.42. The van der Waals surface area contributed by atoms with Crippen molar-refractivity contribution in [3.8, 4) is 0 Å². The molecule has 1 fully saturated rings. The summed E-state index contributed by atoms with van der Waals surface area (Å²) in [5.41, 5.74) is 1.38. The summed E-state index contributed by atoms with van der Waals surface area (Å²) in [7, 11) is 0. The van der Waals surface area contributed by atoms with Crippen LogP contribution in [0.2, 0.25) is 0 Å². The van der Waals surface area contributed by atoms with Crippen LogP contribution in [0, 0.1) is 0 Å². The second-order valence-corrected chi connectivity index (χ2v) is 5.36. The average Bonchev–Trinajstić information content (AvgIpc) is 2.29. The maximum atomic E-state index is 5.71. The molecule has 1 aromatic heterocycles. The molecule has 1 saturated heterocycles. The Balaban J connectivity index is 1.72. The summed E-state index contributed by atoms with van der Waals surface area (Å²) >= 11 is 0. The highest BCUT2D eigenvalue weighted by atomic mass is 16.5. The first-order chi connectivity index (χ1) is 8.16. The van der Waals surface area contributed by atoms with E-state index in [0.29, 0.717) is 6.04 Å². The van der Waals surface area contributed by atoms with Gasteiger partial charge in [0.05, 0.1) is 5.60 Å². The molecule has 0 spiro atoms. The van der Waals surface area contributed by atoms with Crippen LogP contribution in [0.25, 0.3) is 0 Å². The molecule has 1 unspecified atom stereocenters. The van der Waals surface area contributed by atoms with Crippen molar-refractivity contribution in [2.75, 3.05) is 13.2 Å². The molecule has 3 heteroatoms. The van der Waals surface area contributed by atoms with Gasteiger partial charge in [-0.05, 0) is 57.4 Å². The van der Waals surface area contributed by atoms with Crippen LogP contribution in [0.4, 0.5) is 0 Å². The standard InChI is InChI=1S/C14H22N2O/c1-14(2)11-13(6-10-17-14)16-9-5-12-3-7-15-8-4-12/h3-4,7-8,13,16H,5-6,9-11H2,1-2H3. The van der Waals surface area contributed by atoms with Crippen molar-refractivity contribution >= 4 is 0 Å². The minimum atomic E-state index is 0.0343. The monoisotopic (exact) mass is 234 g/mol. The average molecular weight is 234 g/mol. The highest BCUT2D eigenvalue weighted by Gasteiger charge is 2.28. The zero-order valence-electron chi connectivity index (χ0n) is 10.8. The summed E-state index contributed by atoms with van der Waals surface area (Å²) in [4.78, 5) is 4.03. The van der Waals surface area contributed by atoms with Gasteiger partial charge >= 0.3 is 0 Å². The lowest BCUT2D eigenvalue weighted by Crippen LogP contribution is -2.44.